The van der Waals surface area contributed by atoms with Crippen molar-refractivity contribution in [3.8, 4) is 11.3 Å². The number of thiocarbonyl (C=S) groups is 1. The number of nitrogens with one attached hydrogen (secondary N) is 2. The van der Waals surface area contributed by atoms with Gasteiger partial charge in [-0.15, -0.1) is 11.3 Å². The Hall–Kier alpha value is -2.69. The molecule has 136 valence electrons. The minimum atomic E-state index is -0.457. The third-order valence-corrected chi connectivity index (χ3v) is 4.85. The summed E-state index contributed by atoms with van der Waals surface area (Å²) in [6, 6.07) is 13.1. The van der Waals surface area contributed by atoms with E-state index < -0.39 is 4.92 Å². The smallest absolute Gasteiger partial charge is 0.270 e. The first-order chi connectivity index (χ1) is 12.9. The van der Waals surface area contributed by atoms with Gasteiger partial charge in [-0.1, -0.05) is 34.1 Å². The number of hydrogen-bond acceptors (Lipinski definition) is 6. The summed E-state index contributed by atoms with van der Waals surface area (Å²) in [5.74, 6) is -0.343. The number of nitro groups is 1. The number of amides is 1. The van der Waals surface area contributed by atoms with Gasteiger partial charge in [0.1, 0.15) is 0 Å². The fourth-order valence-corrected chi connectivity index (χ4v) is 3.55. The topological polar surface area (TPSA) is 97.2 Å². The van der Waals surface area contributed by atoms with Crippen LogP contribution in [0.3, 0.4) is 0 Å². The Morgan fingerprint density at radius 3 is 2.74 bits per heavy atom. The summed E-state index contributed by atoms with van der Waals surface area (Å²) in [6.45, 7) is 0. The van der Waals surface area contributed by atoms with Crippen molar-refractivity contribution in [3.63, 3.8) is 0 Å². The van der Waals surface area contributed by atoms with Crippen molar-refractivity contribution >= 4 is 61.3 Å². The molecule has 0 aliphatic heterocycles. The first kappa shape index (κ1) is 19.1. The van der Waals surface area contributed by atoms with Gasteiger partial charge in [0.2, 0.25) is 0 Å². The molecule has 0 atom stereocenters. The van der Waals surface area contributed by atoms with Gasteiger partial charge in [0, 0.05) is 33.1 Å². The predicted molar refractivity (Wildman–Crippen MR) is 112 cm³/mol. The molecule has 10 heteroatoms. The van der Waals surface area contributed by atoms with Crippen molar-refractivity contribution in [2.24, 2.45) is 0 Å². The minimum absolute atomic E-state index is 0.00758. The number of rotatable bonds is 4. The number of aromatic nitrogens is 1. The van der Waals surface area contributed by atoms with E-state index in [-0.39, 0.29) is 16.7 Å². The maximum Gasteiger partial charge on any atom is 0.270 e. The number of non-ortho nitro benzene ring substituents is 1. The highest BCUT2D eigenvalue weighted by molar-refractivity contribution is 9.10. The van der Waals surface area contributed by atoms with E-state index in [9.17, 15) is 14.9 Å². The normalized spacial score (nSPS) is 10.3. The molecule has 0 fully saturated rings. The molecule has 0 saturated heterocycles. The molecule has 2 N–H and O–H groups in total. The minimum Gasteiger partial charge on any atom is -0.308 e. The fraction of sp³-hybridized carbons (Fsp3) is 0. The van der Waals surface area contributed by atoms with Crippen LogP contribution in [0.5, 0.6) is 0 Å². The molecule has 0 radical (unpaired) electrons. The van der Waals surface area contributed by atoms with Crippen molar-refractivity contribution in [3.05, 3.63) is 74.1 Å². The van der Waals surface area contributed by atoms with Crippen LogP contribution in [0.2, 0.25) is 0 Å². The molecule has 1 amide bonds. The number of benzene rings is 2. The maximum atomic E-state index is 12.2. The molecule has 2 aromatic carbocycles. The second-order valence-electron chi connectivity index (χ2n) is 5.26. The largest absolute Gasteiger partial charge is 0.308 e. The summed E-state index contributed by atoms with van der Waals surface area (Å²) in [6.07, 6.45) is 0. The number of anilines is 1. The Morgan fingerprint density at radius 1 is 1.22 bits per heavy atom. The van der Waals surface area contributed by atoms with E-state index in [4.69, 9.17) is 12.2 Å². The van der Waals surface area contributed by atoms with E-state index >= 15 is 0 Å². The Kier molecular flexibility index (Phi) is 5.89. The SMILES string of the molecule is O=C(NC(=S)Nc1nc(-c2cccc([N+](=O)[O-])c2)cs1)c1cccc(Br)c1. The Bertz CT molecular complexity index is 1040. The first-order valence-electron chi connectivity index (χ1n) is 7.50. The van der Waals surface area contributed by atoms with Gasteiger partial charge < -0.3 is 5.32 Å². The molecule has 1 heterocycles. The van der Waals surface area contributed by atoms with Gasteiger partial charge >= 0.3 is 0 Å². The number of hydrogen-bond donors (Lipinski definition) is 2. The van der Waals surface area contributed by atoms with E-state index in [1.54, 1.807) is 35.7 Å². The van der Waals surface area contributed by atoms with E-state index in [0.717, 1.165) is 4.47 Å². The highest BCUT2D eigenvalue weighted by Crippen LogP contribution is 2.27. The average Bonchev–Trinajstić information content (AvgIpc) is 3.10. The lowest BCUT2D eigenvalue weighted by Crippen LogP contribution is -2.34. The number of carbonyl (C=O) groups is 1. The summed E-state index contributed by atoms with van der Waals surface area (Å²) in [5.41, 5.74) is 1.65. The fourth-order valence-electron chi connectivity index (χ4n) is 2.18. The second-order valence-corrected chi connectivity index (χ2v) is 7.45. The van der Waals surface area contributed by atoms with Crippen LogP contribution in [0.1, 0.15) is 10.4 Å². The molecule has 3 aromatic rings. The second kappa shape index (κ2) is 8.33. The Balaban J connectivity index is 1.67. The van der Waals surface area contributed by atoms with Crippen LogP contribution < -0.4 is 10.6 Å². The molecule has 1 aromatic heterocycles. The van der Waals surface area contributed by atoms with E-state index in [1.807, 2.05) is 6.07 Å². The third-order valence-electron chi connectivity index (χ3n) is 3.39. The number of halogens is 1. The third kappa shape index (κ3) is 4.94. The van der Waals surface area contributed by atoms with Gasteiger partial charge in [0.05, 0.1) is 10.6 Å². The summed E-state index contributed by atoms with van der Waals surface area (Å²) in [7, 11) is 0. The lowest BCUT2D eigenvalue weighted by molar-refractivity contribution is -0.384. The van der Waals surface area contributed by atoms with Crippen molar-refractivity contribution in [2.75, 3.05) is 5.32 Å². The summed E-state index contributed by atoms with van der Waals surface area (Å²) < 4.78 is 0.788. The maximum absolute atomic E-state index is 12.2. The van der Waals surface area contributed by atoms with Crippen LogP contribution in [0.25, 0.3) is 11.3 Å². The lowest BCUT2D eigenvalue weighted by Gasteiger charge is -2.07. The van der Waals surface area contributed by atoms with Crippen LogP contribution in [0.15, 0.2) is 58.4 Å². The molecule has 0 spiro atoms. The zero-order valence-corrected chi connectivity index (χ0v) is 16.7. The molecule has 0 saturated carbocycles. The predicted octanol–water partition coefficient (Wildman–Crippen LogP) is 4.61. The monoisotopic (exact) mass is 462 g/mol. The van der Waals surface area contributed by atoms with E-state index in [2.05, 4.69) is 31.5 Å². The van der Waals surface area contributed by atoms with E-state index in [0.29, 0.717) is 22.0 Å². The number of carbonyl (C=O) groups excluding carboxylic acids is 1. The quantitative estimate of drug-likeness (QED) is 0.333. The first-order valence-corrected chi connectivity index (χ1v) is 9.59. The van der Waals surface area contributed by atoms with Gasteiger partial charge in [0.25, 0.3) is 11.6 Å². The van der Waals surface area contributed by atoms with Gasteiger partial charge in [-0.3, -0.25) is 20.2 Å². The van der Waals surface area contributed by atoms with Crippen molar-refractivity contribution in [1.29, 1.82) is 0 Å². The highest BCUT2D eigenvalue weighted by Gasteiger charge is 2.12. The van der Waals surface area contributed by atoms with Crippen LogP contribution in [-0.2, 0) is 0 Å². The van der Waals surface area contributed by atoms with Crippen LogP contribution in [0, 0.1) is 10.1 Å². The molecule has 0 aliphatic carbocycles. The molecular formula is C17H11BrN4O3S2. The zero-order chi connectivity index (χ0) is 19.4. The van der Waals surface area contributed by atoms with Crippen molar-refractivity contribution in [1.82, 2.24) is 10.3 Å². The average molecular weight is 463 g/mol. The highest BCUT2D eigenvalue weighted by atomic mass is 79.9. The van der Waals surface area contributed by atoms with Crippen molar-refractivity contribution in [2.45, 2.75) is 0 Å². The van der Waals surface area contributed by atoms with Crippen LogP contribution in [0.4, 0.5) is 10.8 Å². The Labute approximate surface area is 171 Å². The molecule has 0 aliphatic rings. The van der Waals surface area contributed by atoms with Crippen LogP contribution >= 0.6 is 39.5 Å². The molecule has 3 rings (SSSR count). The molecule has 0 unspecified atom stereocenters. The molecule has 0 bridgehead atoms. The van der Waals surface area contributed by atoms with Gasteiger partial charge in [0.15, 0.2) is 10.2 Å². The van der Waals surface area contributed by atoms with Gasteiger partial charge in [-0.25, -0.2) is 4.98 Å². The summed E-state index contributed by atoms with van der Waals surface area (Å²) in [5, 5.41) is 18.6. The van der Waals surface area contributed by atoms with Crippen molar-refractivity contribution < 1.29 is 9.72 Å². The Morgan fingerprint density at radius 2 is 2.00 bits per heavy atom. The van der Waals surface area contributed by atoms with Gasteiger partial charge in [-0.05, 0) is 30.4 Å². The summed E-state index contributed by atoms with van der Waals surface area (Å²) >= 11 is 9.73. The molecule has 27 heavy (non-hydrogen) atoms. The standard InChI is InChI=1S/C17H11BrN4O3S2/c18-12-5-1-4-11(7-12)15(23)20-16(26)21-17-19-14(9-27-17)10-3-2-6-13(8-10)22(24)25/h1-9H,(H2,19,20,21,23,26). The number of nitro benzene ring substituents is 1. The van der Waals surface area contributed by atoms with Gasteiger partial charge in [-0.2, -0.15) is 0 Å². The number of nitrogens with zero attached hydrogens (tertiary/aromatic N) is 2. The molecular weight excluding hydrogens is 452 g/mol. The number of thiazole rings is 1. The van der Waals surface area contributed by atoms with E-state index in [1.165, 1.54) is 23.5 Å². The molecule has 7 nitrogen and oxygen atoms in total. The van der Waals surface area contributed by atoms with Crippen LogP contribution in [-0.4, -0.2) is 20.9 Å². The lowest BCUT2D eigenvalue weighted by atomic mass is 10.1. The zero-order valence-electron chi connectivity index (χ0n) is 13.5. The summed E-state index contributed by atoms with van der Waals surface area (Å²) in [4.78, 5) is 27.0.